The maximum Gasteiger partial charge on any atom is 0.255 e. The third-order valence-corrected chi connectivity index (χ3v) is 5.98. The molecule has 3 rings (SSSR count). The Kier molecular flexibility index (Phi) is 4.94. The van der Waals surface area contributed by atoms with Crippen molar-refractivity contribution in [1.29, 1.82) is 0 Å². The number of methoxy groups -OCH3 is 1. The Hall–Kier alpha value is -2.54. The van der Waals surface area contributed by atoms with Gasteiger partial charge in [-0.05, 0) is 61.4 Å². The number of rotatable bonds is 4. The number of hydrogen-bond acceptors (Lipinski definition) is 4. The van der Waals surface area contributed by atoms with Gasteiger partial charge in [-0.1, -0.05) is 0 Å². The Morgan fingerprint density at radius 1 is 1.04 bits per heavy atom. The van der Waals surface area contributed by atoms with E-state index in [-0.39, 0.29) is 11.7 Å². The summed E-state index contributed by atoms with van der Waals surface area (Å²) >= 11 is 0. The molecule has 1 heterocycles. The minimum Gasteiger partial charge on any atom is -0.497 e. The van der Waals surface area contributed by atoms with Crippen molar-refractivity contribution in [2.45, 2.75) is 12.8 Å². The fourth-order valence-corrected chi connectivity index (χ4v) is 4.38. The van der Waals surface area contributed by atoms with Crippen LogP contribution in [0, 0.1) is 0 Å². The van der Waals surface area contributed by atoms with Crippen LogP contribution in [0.1, 0.15) is 23.2 Å². The van der Waals surface area contributed by atoms with Crippen molar-refractivity contribution in [2.75, 3.05) is 29.0 Å². The Morgan fingerprint density at radius 3 is 2.32 bits per heavy atom. The summed E-state index contributed by atoms with van der Waals surface area (Å²) in [7, 11) is -1.66. The summed E-state index contributed by atoms with van der Waals surface area (Å²) in [6, 6.07) is 13.7. The van der Waals surface area contributed by atoms with Gasteiger partial charge in [0.1, 0.15) is 5.75 Å². The summed E-state index contributed by atoms with van der Waals surface area (Å²) < 4.78 is 30.8. The van der Waals surface area contributed by atoms with E-state index >= 15 is 0 Å². The van der Waals surface area contributed by atoms with Crippen molar-refractivity contribution in [3.05, 3.63) is 54.1 Å². The van der Waals surface area contributed by atoms with Crippen LogP contribution in [0.3, 0.4) is 0 Å². The van der Waals surface area contributed by atoms with Crippen LogP contribution in [-0.2, 0) is 10.0 Å². The summed E-state index contributed by atoms with van der Waals surface area (Å²) in [4.78, 5) is 12.3. The molecule has 132 valence electrons. The maximum atomic E-state index is 12.3. The van der Waals surface area contributed by atoms with E-state index in [4.69, 9.17) is 4.74 Å². The highest BCUT2D eigenvalue weighted by atomic mass is 32.2. The number of nitrogens with zero attached hydrogens (tertiary/aromatic N) is 1. The quantitative estimate of drug-likeness (QED) is 0.910. The van der Waals surface area contributed by atoms with Crippen LogP contribution in [0.2, 0.25) is 0 Å². The maximum absolute atomic E-state index is 12.3. The molecule has 2 aromatic rings. The molecule has 2 aromatic carbocycles. The van der Waals surface area contributed by atoms with Crippen molar-refractivity contribution in [2.24, 2.45) is 0 Å². The average Bonchev–Trinajstić information content (AvgIpc) is 2.62. The molecule has 0 saturated carbocycles. The summed E-state index contributed by atoms with van der Waals surface area (Å²) in [6.45, 7) is 0.486. The largest absolute Gasteiger partial charge is 0.497 e. The number of hydrogen-bond donors (Lipinski definition) is 1. The molecule has 1 aliphatic heterocycles. The highest BCUT2D eigenvalue weighted by Crippen LogP contribution is 2.24. The van der Waals surface area contributed by atoms with E-state index in [0.717, 1.165) is 6.42 Å². The van der Waals surface area contributed by atoms with Gasteiger partial charge >= 0.3 is 0 Å². The molecule has 1 amide bonds. The SMILES string of the molecule is COc1ccc(NC(=O)c2ccc(N3CCCCS3(=O)=O)cc2)cc1. The molecule has 7 heteroatoms. The van der Waals surface area contributed by atoms with Crippen LogP contribution in [0.15, 0.2) is 48.5 Å². The molecule has 1 N–H and O–H groups in total. The zero-order valence-corrected chi connectivity index (χ0v) is 14.8. The third kappa shape index (κ3) is 3.93. The molecule has 0 radical (unpaired) electrons. The van der Waals surface area contributed by atoms with Crippen LogP contribution in [0.4, 0.5) is 11.4 Å². The summed E-state index contributed by atoms with van der Waals surface area (Å²) in [5, 5.41) is 2.80. The average molecular weight is 360 g/mol. The van der Waals surface area contributed by atoms with Gasteiger partial charge in [0.15, 0.2) is 0 Å². The lowest BCUT2D eigenvalue weighted by Gasteiger charge is -2.28. The van der Waals surface area contributed by atoms with Gasteiger partial charge in [0.05, 0.1) is 18.6 Å². The highest BCUT2D eigenvalue weighted by Gasteiger charge is 2.25. The molecule has 6 nitrogen and oxygen atoms in total. The predicted octanol–water partition coefficient (Wildman–Crippen LogP) is 2.88. The first-order valence-electron chi connectivity index (χ1n) is 8.05. The molecule has 0 atom stereocenters. The molecule has 25 heavy (non-hydrogen) atoms. The number of carbonyl (C=O) groups is 1. The first-order valence-corrected chi connectivity index (χ1v) is 9.66. The Labute approximate surface area is 147 Å². The monoisotopic (exact) mass is 360 g/mol. The van der Waals surface area contributed by atoms with Crippen LogP contribution in [-0.4, -0.2) is 33.7 Å². The van der Waals surface area contributed by atoms with E-state index in [9.17, 15) is 13.2 Å². The van der Waals surface area contributed by atoms with E-state index in [1.54, 1.807) is 55.6 Å². The molecule has 1 fully saturated rings. The molecule has 0 aliphatic carbocycles. The Balaban J connectivity index is 1.71. The fraction of sp³-hybridized carbons (Fsp3) is 0.278. The van der Waals surface area contributed by atoms with Crippen LogP contribution < -0.4 is 14.4 Å². The molecule has 0 aromatic heterocycles. The normalized spacial score (nSPS) is 16.3. The zero-order chi connectivity index (χ0) is 17.9. The Morgan fingerprint density at radius 2 is 1.72 bits per heavy atom. The van der Waals surface area contributed by atoms with Crippen LogP contribution in [0.5, 0.6) is 5.75 Å². The fourth-order valence-electron chi connectivity index (χ4n) is 2.74. The topological polar surface area (TPSA) is 75.7 Å². The molecule has 1 aliphatic rings. The third-order valence-electron chi connectivity index (χ3n) is 4.11. The van der Waals surface area contributed by atoms with E-state index < -0.39 is 10.0 Å². The molecule has 0 bridgehead atoms. The van der Waals surface area contributed by atoms with Gasteiger partial charge in [0.25, 0.3) is 5.91 Å². The molecular weight excluding hydrogens is 340 g/mol. The predicted molar refractivity (Wildman–Crippen MR) is 97.8 cm³/mol. The van der Waals surface area contributed by atoms with Crippen molar-refractivity contribution < 1.29 is 17.9 Å². The van der Waals surface area contributed by atoms with E-state index in [0.29, 0.717) is 35.7 Å². The van der Waals surface area contributed by atoms with Gasteiger partial charge in [-0.2, -0.15) is 0 Å². The van der Waals surface area contributed by atoms with Gasteiger partial charge < -0.3 is 10.1 Å². The van der Waals surface area contributed by atoms with Crippen molar-refractivity contribution in [3.8, 4) is 5.75 Å². The smallest absolute Gasteiger partial charge is 0.255 e. The van der Waals surface area contributed by atoms with Gasteiger partial charge in [0.2, 0.25) is 10.0 Å². The minimum atomic E-state index is -3.24. The van der Waals surface area contributed by atoms with Crippen molar-refractivity contribution in [1.82, 2.24) is 0 Å². The second kappa shape index (κ2) is 7.14. The number of nitrogens with one attached hydrogen (secondary N) is 1. The zero-order valence-electron chi connectivity index (χ0n) is 13.9. The van der Waals surface area contributed by atoms with Gasteiger partial charge in [0, 0.05) is 17.8 Å². The van der Waals surface area contributed by atoms with E-state index in [1.165, 1.54) is 4.31 Å². The number of ether oxygens (including phenoxy) is 1. The van der Waals surface area contributed by atoms with Crippen molar-refractivity contribution in [3.63, 3.8) is 0 Å². The highest BCUT2D eigenvalue weighted by molar-refractivity contribution is 7.92. The van der Waals surface area contributed by atoms with Crippen molar-refractivity contribution >= 4 is 27.3 Å². The lowest BCUT2D eigenvalue weighted by Crippen LogP contribution is -2.37. The van der Waals surface area contributed by atoms with Gasteiger partial charge in [-0.25, -0.2) is 8.42 Å². The molecule has 0 unspecified atom stereocenters. The number of amides is 1. The van der Waals surface area contributed by atoms with E-state index in [2.05, 4.69) is 5.32 Å². The molecular formula is C18H20N2O4S. The molecule has 1 saturated heterocycles. The first kappa shape index (κ1) is 17.3. The Bertz CT molecular complexity index is 846. The number of carbonyl (C=O) groups excluding carboxylic acids is 1. The lowest BCUT2D eigenvalue weighted by molar-refractivity contribution is 0.102. The van der Waals surface area contributed by atoms with Gasteiger partial charge in [-0.15, -0.1) is 0 Å². The van der Waals surface area contributed by atoms with Crippen LogP contribution in [0.25, 0.3) is 0 Å². The second-order valence-corrected chi connectivity index (χ2v) is 7.84. The molecule has 0 spiro atoms. The minimum absolute atomic E-state index is 0.173. The lowest BCUT2D eigenvalue weighted by atomic mass is 10.2. The number of sulfonamides is 1. The summed E-state index contributed by atoms with van der Waals surface area (Å²) in [5.41, 5.74) is 1.73. The standard InChI is InChI=1S/C18H20N2O4S/c1-24-17-10-6-15(7-11-17)19-18(21)14-4-8-16(9-5-14)20-12-2-3-13-25(20,22)23/h4-11H,2-3,12-13H2,1H3,(H,19,21). The summed E-state index contributed by atoms with van der Waals surface area (Å²) in [5.74, 6) is 0.635. The number of benzene rings is 2. The van der Waals surface area contributed by atoms with Crippen LogP contribution >= 0.6 is 0 Å². The summed E-state index contributed by atoms with van der Waals surface area (Å²) in [6.07, 6.45) is 1.54. The van der Waals surface area contributed by atoms with Gasteiger partial charge in [-0.3, -0.25) is 9.10 Å². The second-order valence-electron chi connectivity index (χ2n) is 5.82. The number of anilines is 2. The van der Waals surface area contributed by atoms with E-state index in [1.807, 2.05) is 0 Å². The first-order chi connectivity index (χ1) is 12.0.